The van der Waals surface area contributed by atoms with Crippen LogP contribution in [0.4, 0.5) is 5.69 Å². The number of carbonyl (C=O) groups excluding carboxylic acids is 1. The van der Waals surface area contributed by atoms with Gasteiger partial charge in [0.2, 0.25) is 0 Å². The molecule has 0 aliphatic heterocycles. The third-order valence-electron chi connectivity index (χ3n) is 4.60. The fourth-order valence-corrected chi connectivity index (χ4v) is 2.93. The molecule has 1 aromatic heterocycles. The monoisotopic (exact) mass is 393 g/mol. The Morgan fingerprint density at radius 1 is 1.17 bits per heavy atom. The maximum atomic E-state index is 12.6. The second-order valence-corrected chi connectivity index (χ2v) is 7.33. The van der Waals surface area contributed by atoms with Crippen molar-refractivity contribution in [2.45, 2.75) is 46.3 Å². The molecule has 1 amide bonds. The number of aromatic nitrogens is 3. The molecule has 1 unspecified atom stereocenters. The first kappa shape index (κ1) is 20.5. The van der Waals surface area contributed by atoms with Gasteiger partial charge < -0.3 is 15.8 Å². The smallest absolute Gasteiger partial charge is 0.265 e. The van der Waals surface area contributed by atoms with Crippen molar-refractivity contribution in [3.05, 3.63) is 59.4 Å². The zero-order chi connectivity index (χ0) is 21.0. The zero-order valence-electron chi connectivity index (χ0n) is 17.2. The van der Waals surface area contributed by atoms with Crippen molar-refractivity contribution in [3.63, 3.8) is 0 Å². The summed E-state index contributed by atoms with van der Waals surface area (Å²) < 4.78 is 5.98. The predicted octanol–water partition coefficient (Wildman–Crippen LogP) is 3.77. The van der Waals surface area contributed by atoms with Crippen LogP contribution in [0.25, 0.3) is 11.4 Å². The van der Waals surface area contributed by atoms with Crippen molar-refractivity contribution in [1.82, 2.24) is 15.2 Å². The molecule has 1 atom stereocenters. The quantitative estimate of drug-likeness (QED) is 0.567. The first-order valence-corrected chi connectivity index (χ1v) is 9.67. The molecule has 0 fully saturated rings. The first-order valence-electron chi connectivity index (χ1n) is 9.67. The predicted molar refractivity (Wildman–Crippen MR) is 114 cm³/mol. The number of amides is 1. The number of H-pyrrole nitrogens is 1. The van der Waals surface area contributed by atoms with Gasteiger partial charge in [0.15, 0.2) is 11.9 Å². The second-order valence-electron chi connectivity index (χ2n) is 7.33. The van der Waals surface area contributed by atoms with E-state index in [0.29, 0.717) is 29.8 Å². The Morgan fingerprint density at radius 3 is 2.52 bits per heavy atom. The molecule has 0 saturated carbocycles. The molecule has 0 radical (unpaired) electrons. The van der Waals surface area contributed by atoms with Crippen molar-refractivity contribution in [3.8, 4) is 17.1 Å². The van der Waals surface area contributed by atoms with Crippen LogP contribution in [0.1, 0.15) is 43.6 Å². The molecule has 0 aliphatic carbocycles. The molecule has 0 saturated heterocycles. The molecule has 0 spiro atoms. The summed E-state index contributed by atoms with van der Waals surface area (Å²) in [7, 11) is 0. The number of aromatic amines is 1. The lowest BCUT2D eigenvalue weighted by Gasteiger charge is -2.19. The summed E-state index contributed by atoms with van der Waals surface area (Å²) in [6.45, 7) is 8.27. The normalized spacial score (nSPS) is 12.1. The lowest BCUT2D eigenvalue weighted by Crippen LogP contribution is -2.30. The average molecular weight is 393 g/mol. The summed E-state index contributed by atoms with van der Waals surface area (Å²) >= 11 is 0. The minimum Gasteiger partial charge on any atom is -0.481 e. The maximum absolute atomic E-state index is 12.6. The Bertz CT molecular complexity index is 979. The highest BCUT2D eigenvalue weighted by atomic mass is 16.5. The lowest BCUT2D eigenvalue weighted by molar-refractivity contribution is -0.122. The molecule has 0 aliphatic rings. The van der Waals surface area contributed by atoms with Crippen molar-refractivity contribution in [1.29, 1.82) is 0 Å². The molecular weight excluding hydrogens is 366 g/mol. The van der Waals surface area contributed by atoms with E-state index in [4.69, 9.17) is 10.5 Å². The molecule has 2 aromatic carbocycles. The van der Waals surface area contributed by atoms with Crippen LogP contribution >= 0.6 is 0 Å². The number of carbonyl (C=O) groups is 1. The number of nitrogens with two attached hydrogens (primary N) is 1. The van der Waals surface area contributed by atoms with Gasteiger partial charge in [-0.25, -0.2) is 4.98 Å². The van der Waals surface area contributed by atoms with E-state index < -0.39 is 6.10 Å². The molecule has 7 nitrogen and oxygen atoms in total. The van der Waals surface area contributed by atoms with E-state index in [1.54, 1.807) is 6.92 Å². The number of benzene rings is 2. The van der Waals surface area contributed by atoms with Gasteiger partial charge in [-0.15, -0.1) is 0 Å². The summed E-state index contributed by atoms with van der Waals surface area (Å²) in [5.41, 5.74) is 9.24. The third kappa shape index (κ3) is 5.00. The molecular formula is C22H27N5O2. The molecule has 29 heavy (non-hydrogen) atoms. The van der Waals surface area contributed by atoms with Gasteiger partial charge >= 0.3 is 0 Å². The minimum atomic E-state index is -0.630. The standard InChI is InChI=1S/C22H27N5O2/c1-13(2)18-10-5-14(3)11-19(18)29-15(4)22(28)24-17-8-6-16(7-9-17)21-25-20(12-23)26-27-21/h5-11,13,15H,12,23H2,1-4H3,(H,24,28)(H,25,26,27). The number of aryl methyl sites for hydroxylation is 1. The minimum absolute atomic E-state index is 0.211. The summed E-state index contributed by atoms with van der Waals surface area (Å²) in [5, 5.41) is 9.80. The van der Waals surface area contributed by atoms with E-state index in [2.05, 4.69) is 46.5 Å². The number of nitrogens with zero attached hydrogens (tertiary/aromatic N) is 2. The first-order chi connectivity index (χ1) is 13.9. The number of hydrogen-bond donors (Lipinski definition) is 3. The van der Waals surface area contributed by atoms with Gasteiger partial charge in [-0.05, 0) is 61.2 Å². The van der Waals surface area contributed by atoms with E-state index in [1.807, 2.05) is 37.3 Å². The van der Waals surface area contributed by atoms with Crippen LogP contribution in [0.3, 0.4) is 0 Å². The summed E-state index contributed by atoms with van der Waals surface area (Å²) in [5.74, 6) is 2.04. The van der Waals surface area contributed by atoms with Gasteiger partial charge in [-0.2, -0.15) is 5.10 Å². The highest BCUT2D eigenvalue weighted by Crippen LogP contribution is 2.28. The Hall–Kier alpha value is -3.19. The van der Waals surface area contributed by atoms with Crippen LogP contribution in [0.2, 0.25) is 0 Å². The lowest BCUT2D eigenvalue weighted by atomic mass is 10.0. The van der Waals surface area contributed by atoms with Gasteiger partial charge in [0, 0.05) is 11.3 Å². The average Bonchev–Trinajstić information content (AvgIpc) is 3.17. The molecule has 152 valence electrons. The molecule has 7 heteroatoms. The largest absolute Gasteiger partial charge is 0.481 e. The summed E-state index contributed by atoms with van der Waals surface area (Å²) in [4.78, 5) is 16.9. The van der Waals surface area contributed by atoms with E-state index in [0.717, 1.165) is 22.4 Å². The Morgan fingerprint density at radius 2 is 1.90 bits per heavy atom. The zero-order valence-corrected chi connectivity index (χ0v) is 17.2. The van der Waals surface area contributed by atoms with Gasteiger partial charge in [0.1, 0.15) is 11.6 Å². The Labute approximate surface area is 170 Å². The van der Waals surface area contributed by atoms with E-state index in [9.17, 15) is 4.79 Å². The number of rotatable bonds is 7. The van der Waals surface area contributed by atoms with Crippen molar-refractivity contribution < 1.29 is 9.53 Å². The van der Waals surface area contributed by atoms with Crippen LogP contribution in [-0.2, 0) is 11.3 Å². The van der Waals surface area contributed by atoms with Crippen molar-refractivity contribution in [2.75, 3.05) is 5.32 Å². The SMILES string of the molecule is Cc1ccc(C(C)C)c(OC(C)C(=O)Nc2ccc(-c3n[nH]c(CN)n3)cc2)c1. The van der Waals surface area contributed by atoms with Crippen molar-refractivity contribution in [2.24, 2.45) is 5.73 Å². The number of ether oxygens (including phenoxy) is 1. The number of nitrogens with one attached hydrogen (secondary N) is 2. The molecule has 3 rings (SSSR count). The molecule has 0 bridgehead atoms. The fraction of sp³-hybridized carbons (Fsp3) is 0.318. The highest BCUT2D eigenvalue weighted by Gasteiger charge is 2.18. The van der Waals surface area contributed by atoms with Crippen LogP contribution in [-0.4, -0.2) is 27.2 Å². The van der Waals surface area contributed by atoms with Crippen LogP contribution in [0, 0.1) is 6.92 Å². The summed E-state index contributed by atoms with van der Waals surface area (Å²) in [6.07, 6.45) is -0.630. The molecule has 4 N–H and O–H groups in total. The second kappa shape index (κ2) is 8.87. The van der Waals surface area contributed by atoms with Gasteiger partial charge in [0.05, 0.1) is 6.54 Å². The van der Waals surface area contributed by atoms with Gasteiger partial charge in [-0.1, -0.05) is 26.0 Å². The van der Waals surface area contributed by atoms with Crippen molar-refractivity contribution >= 4 is 11.6 Å². The third-order valence-corrected chi connectivity index (χ3v) is 4.60. The number of anilines is 1. The topological polar surface area (TPSA) is 106 Å². The van der Waals surface area contributed by atoms with Crippen LogP contribution in [0.15, 0.2) is 42.5 Å². The molecule has 3 aromatic rings. The van der Waals surface area contributed by atoms with Crippen LogP contribution in [0.5, 0.6) is 5.75 Å². The Kier molecular flexibility index (Phi) is 6.29. The highest BCUT2D eigenvalue weighted by molar-refractivity contribution is 5.94. The fourth-order valence-electron chi connectivity index (χ4n) is 2.93. The van der Waals surface area contributed by atoms with E-state index in [-0.39, 0.29) is 5.91 Å². The molecule has 1 heterocycles. The maximum Gasteiger partial charge on any atom is 0.265 e. The van der Waals surface area contributed by atoms with Crippen LogP contribution < -0.4 is 15.8 Å². The Balaban J connectivity index is 1.66. The van der Waals surface area contributed by atoms with E-state index >= 15 is 0 Å². The van der Waals surface area contributed by atoms with Gasteiger partial charge in [0.25, 0.3) is 5.91 Å². The number of hydrogen-bond acceptors (Lipinski definition) is 5. The van der Waals surface area contributed by atoms with Gasteiger partial charge in [-0.3, -0.25) is 9.89 Å². The van der Waals surface area contributed by atoms with E-state index in [1.165, 1.54) is 0 Å². The summed E-state index contributed by atoms with van der Waals surface area (Å²) in [6, 6.07) is 13.4.